The van der Waals surface area contributed by atoms with Crippen molar-refractivity contribution in [1.82, 2.24) is 0 Å². The summed E-state index contributed by atoms with van der Waals surface area (Å²) in [4.78, 5) is 0. The average Bonchev–Trinajstić information content (AvgIpc) is 2.39. The van der Waals surface area contributed by atoms with Crippen molar-refractivity contribution in [3.05, 3.63) is 40.8 Å². The zero-order chi connectivity index (χ0) is 14.3. The normalized spacial score (nSPS) is 12.7. The SMILES string of the molecule is C[CH]C(C)c1c(CCC)cc(CCC)cc1CCC. The van der Waals surface area contributed by atoms with Gasteiger partial charge in [0.2, 0.25) is 0 Å². The molecule has 1 aromatic rings. The molecule has 0 saturated heterocycles. The number of aryl methyl sites for hydroxylation is 3. The molecule has 1 unspecified atom stereocenters. The molecule has 1 atom stereocenters. The van der Waals surface area contributed by atoms with Crippen LogP contribution >= 0.6 is 0 Å². The molecule has 0 aliphatic heterocycles. The first-order chi connectivity index (χ1) is 9.17. The van der Waals surface area contributed by atoms with Crippen molar-refractivity contribution >= 4 is 0 Å². The molecule has 1 aromatic carbocycles. The summed E-state index contributed by atoms with van der Waals surface area (Å²) in [5.74, 6) is 0.582. The predicted molar refractivity (Wildman–Crippen MR) is 86.8 cm³/mol. The minimum Gasteiger partial charge on any atom is -0.0651 e. The fraction of sp³-hybridized carbons (Fsp3) is 0.632. The molecular formula is C19H31. The second-order valence-corrected chi connectivity index (χ2v) is 5.70. The van der Waals surface area contributed by atoms with Crippen LogP contribution in [0.3, 0.4) is 0 Å². The summed E-state index contributed by atoms with van der Waals surface area (Å²) in [5.41, 5.74) is 6.36. The van der Waals surface area contributed by atoms with Crippen LogP contribution in [0.5, 0.6) is 0 Å². The Kier molecular flexibility index (Phi) is 7.20. The van der Waals surface area contributed by atoms with E-state index in [0.717, 1.165) is 0 Å². The third-order valence-electron chi connectivity index (χ3n) is 3.94. The van der Waals surface area contributed by atoms with E-state index < -0.39 is 0 Å². The van der Waals surface area contributed by atoms with Gasteiger partial charge in [-0.25, -0.2) is 0 Å². The highest BCUT2D eigenvalue weighted by atomic mass is 14.2. The lowest BCUT2D eigenvalue weighted by Gasteiger charge is -2.21. The molecule has 0 aliphatic carbocycles. The third kappa shape index (κ3) is 4.37. The third-order valence-corrected chi connectivity index (χ3v) is 3.94. The van der Waals surface area contributed by atoms with E-state index in [2.05, 4.69) is 53.2 Å². The topological polar surface area (TPSA) is 0 Å². The van der Waals surface area contributed by atoms with Gasteiger partial charge in [0.25, 0.3) is 0 Å². The maximum atomic E-state index is 2.47. The Hall–Kier alpha value is -0.780. The Morgan fingerprint density at radius 3 is 1.74 bits per heavy atom. The van der Waals surface area contributed by atoms with Gasteiger partial charge in [0, 0.05) is 0 Å². The van der Waals surface area contributed by atoms with Gasteiger partial charge in [-0.05, 0) is 53.9 Å². The van der Waals surface area contributed by atoms with Crippen LogP contribution in [0.25, 0.3) is 0 Å². The Morgan fingerprint density at radius 2 is 1.37 bits per heavy atom. The average molecular weight is 259 g/mol. The van der Waals surface area contributed by atoms with Crippen LogP contribution in [0.4, 0.5) is 0 Å². The van der Waals surface area contributed by atoms with Gasteiger partial charge < -0.3 is 0 Å². The van der Waals surface area contributed by atoms with E-state index in [0.29, 0.717) is 5.92 Å². The predicted octanol–water partition coefficient (Wildman–Crippen LogP) is 5.87. The van der Waals surface area contributed by atoms with Crippen LogP contribution in [0, 0.1) is 6.42 Å². The van der Waals surface area contributed by atoms with Gasteiger partial charge in [-0.3, -0.25) is 0 Å². The minimum atomic E-state index is 0.582. The standard InChI is InChI=1S/C19H31/c1-6-10-16-13-17(11-7-2)19(15(5)9-4)18(14-16)12-8-3/h9,13-15H,6-8,10-12H2,1-5H3. The minimum absolute atomic E-state index is 0.582. The molecule has 0 fully saturated rings. The second-order valence-electron chi connectivity index (χ2n) is 5.70. The molecule has 0 N–H and O–H groups in total. The maximum absolute atomic E-state index is 2.47. The summed E-state index contributed by atoms with van der Waals surface area (Å²) in [7, 11) is 0. The highest BCUT2D eigenvalue weighted by Crippen LogP contribution is 2.30. The fourth-order valence-corrected chi connectivity index (χ4v) is 2.99. The Labute approximate surface area is 120 Å². The summed E-state index contributed by atoms with van der Waals surface area (Å²) in [6.45, 7) is 11.4. The molecule has 0 saturated carbocycles. The van der Waals surface area contributed by atoms with Gasteiger partial charge >= 0.3 is 0 Å². The Bertz CT molecular complexity index is 349. The van der Waals surface area contributed by atoms with E-state index >= 15 is 0 Å². The van der Waals surface area contributed by atoms with Crippen molar-refractivity contribution in [2.75, 3.05) is 0 Å². The molecule has 0 heterocycles. The molecule has 0 bridgehead atoms. The summed E-state index contributed by atoms with van der Waals surface area (Å²) in [6, 6.07) is 4.95. The number of rotatable bonds is 8. The molecule has 0 nitrogen and oxygen atoms in total. The van der Waals surface area contributed by atoms with E-state index in [1.165, 1.54) is 38.5 Å². The summed E-state index contributed by atoms with van der Waals surface area (Å²) in [6.07, 6.45) is 9.73. The van der Waals surface area contributed by atoms with Crippen molar-refractivity contribution in [3.63, 3.8) is 0 Å². The molecule has 1 rings (SSSR count). The molecule has 0 aliphatic rings. The molecule has 0 heteroatoms. The largest absolute Gasteiger partial charge is 0.0651 e. The van der Waals surface area contributed by atoms with E-state index in [9.17, 15) is 0 Å². The van der Waals surface area contributed by atoms with Gasteiger partial charge in [-0.15, -0.1) is 0 Å². The lowest BCUT2D eigenvalue weighted by atomic mass is 9.84. The van der Waals surface area contributed by atoms with Gasteiger partial charge in [-0.1, -0.05) is 66.0 Å². The molecule has 0 amide bonds. The highest BCUT2D eigenvalue weighted by molar-refractivity contribution is 5.43. The summed E-state index contributed by atoms with van der Waals surface area (Å²) < 4.78 is 0. The fourth-order valence-electron chi connectivity index (χ4n) is 2.99. The smallest absolute Gasteiger partial charge is 0.0156 e. The van der Waals surface area contributed by atoms with E-state index in [1.807, 2.05) is 0 Å². The monoisotopic (exact) mass is 259 g/mol. The summed E-state index contributed by atoms with van der Waals surface area (Å²) in [5, 5.41) is 0. The van der Waals surface area contributed by atoms with Gasteiger partial charge in [0.05, 0.1) is 0 Å². The highest BCUT2D eigenvalue weighted by Gasteiger charge is 2.15. The maximum Gasteiger partial charge on any atom is -0.0156 e. The van der Waals surface area contributed by atoms with Crippen LogP contribution in [0.1, 0.15) is 82.1 Å². The molecule has 107 valence electrons. The number of benzene rings is 1. The lowest BCUT2D eigenvalue weighted by Crippen LogP contribution is -2.06. The van der Waals surface area contributed by atoms with Gasteiger partial charge in [0.1, 0.15) is 0 Å². The van der Waals surface area contributed by atoms with Crippen LogP contribution in [0.15, 0.2) is 12.1 Å². The first-order valence-corrected chi connectivity index (χ1v) is 8.11. The molecule has 19 heavy (non-hydrogen) atoms. The number of hydrogen-bond acceptors (Lipinski definition) is 0. The lowest BCUT2D eigenvalue weighted by molar-refractivity contribution is 0.792. The second kappa shape index (κ2) is 8.40. The van der Waals surface area contributed by atoms with Crippen molar-refractivity contribution in [3.8, 4) is 0 Å². The molecule has 0 aromatic heterocycles. The van der Waals surface area contributed by atoms with E-state index in [-0.39, 0.29) is 0 Å². The zero-order valence-corrected chi connectivity index (χ0v) is 13.6. The van der Waals surface area contributed by atoms with Crippen molar-refractivity contribution in [1.29, 1.82) is 0 Å². The quantitative estimate of drug-likeness (QED) is 0.547. The Morgan fingerprint density at radius 1 is 0.895 bits per heavy atom. The molecule has 0 spiro atoms. The zero-order valence-electron chi connectivity index (χ0n) is 13.6. The first kappa shape index (κ1) is 16.3. The van der Waals surface area contributed by atoms with Crippen LogP contribution in [-0.2, 0) is 19.3 Å². The van der Waals surface area contributed by atoms with Crippen molar-refractivity contribution < 1.29 is 0 Å². The summed E-state index contributed by atoms with van der Waals surface area (Å²) >= 11 is 0. The van der Waals surface area contributed by atoms with E-state index in [4.69, 9.17) is 0 Å². The Balaban J connectivity index is 3.27. The molecular weight excluding hydrogens is 228 g/mol. The van der Waals surface area contributed by atoms with Crippen molar-refractivity contribution in [2.24, 2.45) is 0 Å². The van der Waals surface area contributed by atoms with E-state index in [1.54, 1.807) is 22.3 Å². The van der Waals surface area contributed by atoms with Crippen LogP contribution in [0.2, 0.25) is 0 Å². The van der Waals surface area contributed by atoms with Gasteiger partial charge in [-0.2, -0.15) is 0 Å². The number of hydrogen-bond donors (Lipinski definition) is 0. The molecule has 1 radical (unpaired) electrons. The first-order valence-electron chi connectivity index (χ1n) is 8.11. The van der Waals surface area contributed by atoms with Gasteiger partial charge in [0.15, 0.2) is 0 Å². The van der Waals surface area contributed by atoms with Crippen LogP contribution < -0.4 is 0 Å². The van der Waals surface area contributed by atoms with Crippen LogP contribution in [-0.4, -0.2) is 0 Å². The van der Waals surface area contributed by atoms with Crippen molar-refractivity contribution in [2.45, 2.75) is 79.1 Å².